The molecule has 0 aromatic heterocycles. The van der Waals surface area contributed by atoms with Crippen molar-refractivity contribution in [1.82, 2.24) is 0 Å². The summed E-state index contributed by atoms with van der Waals surface area (Å²) >= 11 is 0. The van der Waals surface area contributed by atoms with E-state index < -0.39 is 48.8 Å². The molecule has 1 aromatic rings. The fourth-order valence-electron chi connectivity index (χ4n) is 2.67. The third-order valence-corrected chi connectivity index (χ3v) is 5.41. The van der Waals surface area contributed by atoms with Gasteiger partial charge in [-0.05, 0) is 71.6 Å². The van der Waals surface area contributed by atoms with Crippen molar-refractivity contribution in [2.24, 2.45) is 5.73 Å². The topological polar surface area (TPSA) is 159 Å². The van der Waals surface area contributed by atoms with Gasteiger partial charge in [-0.25, -0.2) is 14.4 Å². The standard InChI is InChI=1S/C26H39NO11/c1-8-15(4)33-25(30)37-21-12-11-19(14-22(21)38-26(31)34-16(5)9-2)13-20(27)23(28)35-17(6)18(7)36-24(29)32-10-3/h11-12,14-18,20H,8-10,13,27H2,1-7H3/t15?,16?,17-,18-,20-/m0/s1. The van der Waals surface area contributed by atoms with Crippen LogP contribution in [0.15, 0.2) is 18.2 Å². The van der Waals surface area contributed by atoms with Gasteiger partial charge in [0.2, 0.25) is 0 Å². The van der Waals surface area contributed by atoms with Crippen LogP contribution in [-0.2, 0) is 34.9 Å². The Balaban J connectivity index is 2.96. The van der Waals surface area contributed by atoms with Gasteiger partial charge in [-0.3, -0.25) is 4.79 Å². The van der Waals surface area contributed by atoms with Crippen molar-refractivity contribution in [3.8, 4) is 11.5 Å². The molecule has 0 aliphatic heterocycles. The van der Waals surface area contributed by atoms with Gasteiger partial charge < -0.3 is 38.9 Å². The number of benzene rings is 1. The summed E-state index contributed by atoms with van der Waals surface area (Å²) < 4.78 is 35.8. The second kappa shape index (κ2) is 16.3. The highest BCUT2D eigenvalue weighted by Crippen LogP contribution is 2.30. The number of ether oxygens (including phenoxy) is 7. The Labute approximate surface area is 223 Å². The molecule has 0 radical (unpaired) electrons. The third kappa shape index (κ3) is 11.7. The van der Waals surface area contributed by atoms with Gasteiger partial charge in [-0.15, -0.1) is 0 Å². The third-order valence-electron chi connectivity index (χ3n) is 5.41. The summed E-state index contributed by atoms with van der Waals surface area (Å²) in [6.07, 6.45) is -4.03. The van der Waals surface area contributed by atoms with Gasteiger partial charge in [0.15, 0.2) is 11.5 Å². The molecule has 12 nitrogen and oxygen atoms in total. The maximum Gasteiger partial charge on any atom is 0.514 e. The van der Waals surface area contributed by atoms with Crippen LogP contribution in [0.1, 0.15) is 66.9 Å². The highest BCUT2D eigenvalue weighted by atomic mass is 16.8. The zero-order valence-corrected chi connectivity index (χ0v) is 23.0. The Bertz CT molecular complexity index is 936. The molecule has 0 heterocycles. The second-order valence-electron chi connectivity index (χ2n) is 8.62. The monoisotopic (exact) mass is 541 g/mol. The van der Waals surface area contributed by atoms with Crippen LogP contribution < -0.4 is 15.2 Å². The molecule has 0 amide bonds. The number of rotatable bonds is 13. The first-order valence-electron chi connectivity index (χ1n) is 12.6. The fraction of sp³-hybridized carbons (Fsp3) is 0.615. The average Bonchev–Trinajstić information content (AvgIpc) is 2.85. The van der Waals surface area contributed by atoms with Crippen LogP contribution in [0.5, 0.6) is 11.5 Å². The maximum absolute atomic E-state index is 12.5. The molecule has 0 bridgehead atoms. The lowest BCUT2D eigenvalue weighted by Gasteiger charge is -2.22. The molecule has 214 valence electrons. The quantitative estimate of drug-likeness (QED) is 0.209. The Morgan fingerprint density at radius 2 is 1.26 bits per heavy atom. The zero-order valence-electron chi connectivity index (χ0n) is 23.0. The molecular formula is C26H39NO11. The van der Waals surface area contributed by atoms with E-state index in [-0.39, 0.29) is 30.6 Å². The average molecular weight is 542 g/mol. The highest BCUT2D eigenvalue weighted by molar-refractivity contribution is 5.76. The van der Waals surface area contributed by atoms with E-state index in [9.17, 15) is 19.2 Å². The van der Waals surface area contributed by atoms with Crippen LogP contribution in [0.4, 0.5) is 14.4 Å². The van der Waals surface area contributed by atoms with Crippen molar-refractivity contribution < 1.29 is 52.3 Å². The van der Waals surface area contributed by atoms with Crippen molar-refractivity contribution in [3.63, 3.8) is 0 Å². The van der Waals surface area contributed by atoms with E-state index in [1.807, 2.05) is 13.8 Å². The number of hydrogen-bond donors (Lipinski definition) is 1. The Morgan fingerprint density at radius 3 is 1.79 bits per heavy atom. The van der Waals surface area contributed by atoms with Crippen molar-refractivity contribution in [2.75, 3.05) is 6.61 Å². The number of esters is 1. The molecule has 12 heteroatoms. The van der Waals surface area contributed by atoms with E-state index in [1.165, 1.54) is 12.1 Å². The molecule has 0 saturated heterocycles. The molecule has 0 aliphatic rings. The normalized spacial score (nSPS) is 14.6. The molecule has 0 saturated carbocycles. The van der Waals surface area contributed by atoms with Crippen LogP contribution in [-0.4, -0.2) is 61.5 Å². The molecule has 0 aliphatic carbocycles. The first-order chi connectivity index (χ1) is 17.9. The van der Waals surface area contributed by atoms with E-state index in [0.717, 1.165) is 0 Å². The SMILES string of the molecule is CCOC(=O)O[C@@H](C)[C@H](C)OC(=O)[C@@H](N)Cc1ccc(OC(=O)OC(C)CC)c(OC(=O)OC(C)CC)c1. The minimum Gasteiger partial charge on any atom is -0.458 e. The lowest BCUT2D eigenvalue weighted by Crippen LogP contribution is -2.39. The number of carbonyl (C=O) groups excluding carboxylic acids is 4. The first-order valence-corrected chi connectivity index (χ1v) is 12.6. The van der Waals surface area contributed by atoms with Crippen molar-refractivity contribution in [3.05, 3.63) is 23.8 Å². The molecule has 0 spiro atoms. The summed E-state index contributed by atoms with van der Waals surface area (Å²) in [7, 11) is 0. The van der Waals surface area contributed by atoms with Crippen LogP contribution in [0.2, 0.25) is 0 Å². The van der Waals surface area contributed by atoms with Gasteiger partial charge >= 0.3 is 24.4 Å². The van der Waals surface area contributed by atoms with Gasteiger partial charge in [-0.1, -0.05) is 19.9 Å². The summed E-state index contributed by atoms with van der Waals surface area (Å²) in [5.41, 5.74) is 6.50. The molecule has 1 aromatic carbocycles. The van der Waals surface area contributed by atoms with Crippen LogP contribution in [0, 0.1) is 0 Å². The van der Waals surface area contributed by atoms with E-state index >= 15 is 0 Å². The predicted octanol–water partition coefficient (Wildman–Crippen LogP) is 4.68. The smallest absolute Gasteiger partial charge is 0.458 e. The van der Waals surface area contributed by atoms with Crippen molar-refractivity contribution in [1.29, 1.82) is 0 Å². The van der Waals surface area contributed by atoms with E-state index in [0.29, 0.717) is 18.4 Å². The lowest BCUT2D eigenvalue weighted by molar-refractivity contribution is -0.155. The van der Waals surface area contributed by atoms with Crippen LogP contribution >= 0.6 is 0 Å². The first kappa shape index (κ1) is 32.5. The number of nitrogens with two attached hydrogens (primary N) is 1. The highest BCUT2D eigenvalue weighted by Gasteiger charge is 2.25. The van der Waals surface area contributed by atoms with E-state index in [2.05, 4.69) is 0 Å². The molecule has 2 unspecified atom stereocenters. The molecule has 1 rings (SSSR count). The summed E-state index contributed by atoms with van der Waals surface area (Å²) in [5.74, 6) is -0.951. The lowest BCUT2D eigenvalue weighted by atomic mass is 10.1. The van der Waals surface area contributed by atoms with E-state index in [1.54, 1.807) is 40.7 Å². The number of carbonyl (C=O) groups is 4. The molecule has 5 atom stereocenters. The zero-order chi connectivity index (χ0) is 28.8. The van der Waals surface area contributed by atoms with Crippen LogP contribution in [0.3, 0.4) is 0 Å². The van der Waals surface area contributed by atoms with Gasteiger partial charge in [0.25, 0.3) is 0 Å². The summed E-state index contributed by atoms with van der Waals surface area (Å²) in [6.45, 7) is 12.0. The van der Waals surface area contributed by atoms with Gasteiger partial charge in [0.05, 0.1) is 6.61 Å². The summed E-state index contributed by atoms with van der Waals surface area (Å²) in [5, 5.41) is 0. The molecule has 2 N–H and O–H groups in total. The van der Waals surface area contributed by atoms with Crippen molar-refractivity contribution in [2.45, 2.75) is 98.2 Å². The fourth-order valence-corrected chi connectivity index (χ4v) is 2.67. The maximum atomic E-state index is 12.5. The van der Waals surface area contributed by atoms with E-state index in [4.69, 9.17) is 38.9 Å². The summed E-state index contributed by atoms with van der Waals surface area (Å²) in [6, 6.07) is 3.22. The summed E-state index contributed by atoms with van der Waals surface area (Å²) in [4.78, 5) is 48.3. The minimum atomic E-state index is -1.10. The molecule has 38 heavy (non-hydrogen) atoms. The predicted molar refractivity (Wildman–Crippen MR) is 135 cm³/mol. The Kier molecular flexibility index (Phi) is 14.0. The number of hydrogen-bond acceptors (Lipinski definition) is 12. The minimum absolute atomic E-state index is 0.00691. The molecular weight excluding hydrogens is 502 g/mol. The van der Waals surface area contributed by atoms with Gasteiger partial charge in [-0.2, -0.15) is 0 Å². The molecule has 0 fully saturated rings. The second-order valence-corrected chi connectivity index (χ2v) is 8.62. The van der Waals surface area contributed by atoms with Crippen molar-refractivity contribution >= 4 is 24.4 Å². The van der Waals surface area contributed by atoms with Crippen LogP contribution in [0.25, 0.3) is 0 Å². The Morgan fingerprint density at radius 1 is 0.737 bits per heavy atom. The largest absolute Gasteiger partial charge is 0.514 e. The van der Waals surface area contributed by atoms with Gasteiger partial charge in [0.1, 0.15) is 30.5 Å². The van der Waals surface area contributed by atoms with Gasteiger partial charge in [0, 0.05) is 0 Å². The Hall–Kier alpha value is -3.54.